The molecule has 0 saturated heterocycles. The van der Waals surface area contributed by atoms with Crippen LogP contribution in [-0.2, 0) is 6.42 Å². The third kappa shape index (κ3) is 1.09. The Morgan fingerprint density at radius 2 is 2.31 bits per heavy atom. The zero-order valence-corrected chi connectivity index (χ0v) is 6.78. The van der Waals surface area contributed by atoms with E-state index in [2.05, 4.69) is 5.32 Å². The summed E-state index contributed by atoms with van der Waals surface area (Å²) in [6.45, 7) is 0.726. The minimum Gasteiger partial charge on any atom is -0.502 e. The molecule has 0 aromatic heterocycles. The quantitative estimate of drug-likeness (QED) is 0.504. The fraction of sp³-hybridized carbons (Fsp3) is 0.250. The molecule has 1 heterocycles. The molecule has 2 rings (SSSR count). The van der Waals surface area contributed by atoms with Crippen LogP contribution < -0.4 is 5.32 Å². The number of nitro benzene ring substituents is 1. The summed E-state index contributed by atoms with van der Waals surface area (Å²) in [5, 5.41) is 23.0. The Morgan fingerprint density at radius 1 is 1.54 bits per heavy atom. The third-order valence-electron chi connectivity index (χ3n) is 2.15. The first-order chi connectivity index (χ1) is 6.20. The largest absolute Gasteiger partial charge is 0.502 e. The molecule has 1 aliphatic heterocycles. The van der Waals surface area contributed by atoms with Crippen LogP contribution in [0.1, 0.15) is 5.56 Å². The van der Waals surface area contributed by atoms with E-state index in [1.807, 2.05) is 0 Å². The summed E-state index contributed by atoms with van der Waals surface area (Å²) in [7, 11) is 0. The molecule has 0 aliphatic carbocycles. The van der Waals surface area contributed by atoms with Crippen molar-refractivity contribution in [2.45, 2.75) is 6.42 Å². The van der Waals surface area contributed by atoms with Crippen molar-refractivity contribution in [1.29, 1.82) is 0 Å². The van der Waals surface area contributed by atoms with Gasteiger partial charge in [0.05, 0.1) is 4.92 Å². The van der Waals surface area contributed by atoms with Gasteiger partial charge in [0.15, 0.2) is 5.75 Å². The number of hydrogen-bond donors (Lipinski definition) is 2. The molecular formula is C8H8N2O3. The van der Waals surface area contributed by atoms with Crippen molar-refractivity contribution >= 4 is 11.4 Å². The van der Waals surface area contributed by atoms with Crippen LogP contribution in [0, 0.1) is 10.1 Å². The van der Waals surface area contributed by atoms with E-state index < -0.39 is 4.92 Å². The van der Waals surface area contributed by atoms with E-state index in [1.165, 1.54) is 6.07 Å². The molecule has 1 aliphatic rings. The third-order valence-corrected chi connectivity index (χ3v) is 2.15. The average Bonchev–Trinajstić information content (AvgIpc) is 2.52. The van der Waals surface area contributed by atoms with Gasteiger partial charge in [0.25, 0.3) is 0 Å². The van der Waals surface area contributed by atoms with E-state index in [-0.39, 0.29) is 11.4 Å². The standard InChI is InChI=1S/C8H8N2O3/c11-8-5-3-4-9-6(5)1-2-7(8)10(12)13/h1-2,9,11H,3-4H2. The molecule has 0 atom stereocenters. The van der Waals surface area contributed by atoms with Crippen molar-refractivity contribution in [3.8, 4) is 5.75 Å². The van der Waals surface area contributed by atoms with E-state index in [4.69, 9.17) is 0 Å². The molecule has 0 spiro atoms. The van der Waals surface area contributed by atoms with Gasteiger partial charge in [-0.05, 0) is 12.5 Å². The van der Waals surface area contributed by atoms with Crippen LogP contribution in [-0.4, -0.2) is 16.6 Å². The van der Waals surface area contributed by atoms with E-state index in [0.29, 0.717) is 12.0 Å². The number of phenols is 1. The summed E-state index contributed by atoms with van der Waals surface area (Å²) >= 11 is 0. The van der Waals surface area contributed by atoms with Crippen molar-refractivity contribution < 1.29 is 10.0 Å². The van der Waals surface area contributed by atoms with Crippen LogP contribution in [0.25, 0.3) is 0 Å². The highest BCUT2D eigenvalue weighted by Gasteiger charge is 2.22. The summed E-state index contributed by atoms with van der Waals surface area (Å²) in [4.78, 5) is 9.87. The molecule has 13 heavy (non-hydrogen) atoms. The van der Waals surface area contributed by atoms with Gasteiger partial charge in [0.1, 0.15) is 0 Å². The van der Waals surface area contributed by atoms with Crippen LogP contribution in [0.2, 0.25) is 0 Å². The number of phenolic OH excluding ortho intramolecular Hbond substituents is 1. The van der Waals surface area contributed by atoms with E-state index >= 15 is 0 Å². The van der Waals surface area contributed by atoms with Crippen LogP contribution in [0.15, 0.2) is 12.1 Å². The molecule has 0 fully saturated rings. The highest BCUT2D eigenvalue weighted by molar-refractivity contribution is 5.67. The average molecular weight is 180 g/mol. The summed E-state index contributed by atoms with van der Waals surface area (Å²) in [6, 6.07) is 2.94. The zero-order chi connectivity index (χ0) is 9.42. The Hall–Kier alpha value is -1.78. The lowest BCUT2D eigenvalue weighted by atomic mass is 10.1. The lowest BCUT2D eigenvalue weighted by molar-refractivity contribution is -0.385. The van der Waals surface area contributed by atoms with Crippen molar-refractivity contribution in [2.75, 3.05) is 11.9 Å². The van der Waals surface area contributed by atoms with Crippen LogP contribution in [0.3, 0.4) is 0 Å². The first kappa shape index (κ1) is 7.85. The lowest BCUT2D eigenvalue weighted by Gasteiger charge is -2.01. The number of fused-ring (bicyclic) bond motifs is 1. The molecule has 0 radical (unpaired) electrons. The molecule has 0 unspecified atom stereocenters. The minimum absolute atomic E-state index is 0.201. The van der Waals surface area contributed by atoms with Gasteiger partial charge in [-0.2, -0.15) is 0 Å². The van der Waals surface area contributed by atoms with Gasteiger partial charge in [-0.1, -0.05) is 0 Å². The first-order valence-electron chi connectivity index (χ1n) is 3.93. The van der Waals surface area contributed by atoms with Gasteiger partial charge in [-0.25, -0.2) is 0 Å². The smallest absolute Gasteiger partial charge is 0.311 e. The maximum atomic E-state index is 10.4. The second kappa shape index (κ2) is 2.62. The first-order valence-corrected chi connectivity index (χ1v) is 3.93. The predicted molar refractivity (Wildman–Crippen MR) is 47.0 cm³/mol. The van der Waals surface area contributed by atoms with Gasteiger partial charge in [-0.3, -0.25) is 10.1 Å². The number of aromatic hydroxyl groups is 1. The number of nitro groups is 1. The summed E-state index contributed by atoms with van der Waals surface area (Å²) in [6.07, 6.45) is 0.642. The van der Waals surface area contributed by atoms with Crippen LogP contribution >= 0.6 is 0 Å². The number of nitrogens with one attached hydrogen (secondary N) is 1. The zero-order valence-electron chi connectivity index (χ0n) is 6.78. The van der Waals surface area contributed by atoms with Gasteiger partial charge >= 0.3 is 5.69 Å². The Balaban J connectivity index is 2.59. The van der Waals surface area contributed by atoms with Crippen molar-refractivity contribution in [3.63, 3.8) is 0 Å². The van der Waals surface area contributed by atoms with Crippen molar-refractivity contribution in [2.24, 2.45) is 0 Å². The van der Waals surface area contributed by atoms with Gasteiger partial charge in [0.2, 0.25) is 0 Å². The second-order valence-electron chi connectivity index (χ2n) is 2.89. The fourth-order valence-electron chi connectivity index (χ4n) is 1.51. The monoisotopic (exact) mass is 180 g/mol. The van der Waals surface area contributed by atoms with E-state index in [9.17, 15) is 15.2 Å². The summed E-state index contributed by atoms with van der Waals surface area (Å²) in [5.74, 6) is -0.201. The minimum atomic E-state index is -0.575. The number of benzene rings is 1. The van der Waals surface area contributed by atoms with Gasteiger partial charge in [0, 0.05) is 23.9 Å². The molecule has 5 heteroatoms. The van der Waals surface area contributed by atoms with Gasteiger partial charge in [-0.15, -0.1) is 0 Å². The summed E-state index contributed by atoms with van der Waals surface area (Å²) < 4.78 is 0. The molecule has 0 bridgehead atoms. The molecule has 1 aromatic carbocycles. The van der Waals surface area contributed by atoms with Crippen LogP contribution in [0.4, 0.5) is 11.4 Å². The maximum absolute atomic E-state index is 10.4. The second-order valence-corrected chi connectivity index (χ2v) is 2.89. The number of anilines is 1. The Bertz CT molecular complexity index is 376. The van der Waals surface area contributed by atoms with Gasteiger partial charge < -0.3 is 10.4 Å². The molecule has 0 amide bonds. The number of nitrogens with zero attached hydrogens (tertiary/aromatic N) is 1. The molecule has 68 valence electrons. The maximum Gasteiger partial charge on any atom is 0.311 e. The Morgan fingerprint density at radius 3 is 3.00 bits per heavy atom. The highest BCUT2D eigenvalue weighted by Crippen LogP contribution is 2.37. The van der Waals surface area contributed by atoms with Crippen molar-refractivity contribution in [3.05, 3.63) is 27.8 Å². The fourth-order valence-corrected chi connectivity index (χ4v) is 1.51. The van der Waals surface area contributed by atoms with Crippen LogP contribution in [0.5, 0.6) is 5.75 Å². The molecule has 2 N–H and O–H groups in total. The molecule has 1 aromatic rings. The number of hydrogen-bond acceptors (Lipinski definition) is 4. The normalized spacial score (nSPS) is 13.5. The van der Waals surface area contributed by atoms with E-state index in [0.717, 1.165) is 12.2 Å². The molecular weight excluding hydrogens is 172 g/mol. The highest BCUT2D eigenvalue weighted by atomic mass is 16.6. The van der Waals surface area contributed by atoms with E-state index in [1.54, 1.807) is 6.07 Å². The molecule has 0 saturated carbocycles. The Kier molecular flexibility index (Phi) is 1.58. The topological polar surface area (TPSA) is 75.4 Å². The lowest BCUT2D eigenvalue weighted by Crippen LogP contribution is -1.91. The number of rotatable bonds is 1. The predicted octanol–water partition coefficient (Wildman–Crippen LogP) is 1.27. The van der Waals surface area contributed by atoms with Crippen molar-refractivity contribution in [1.82, 2.24) is 0 Å². The molecule has 5 nitrogen and oxygen atoms in total. The summed E-state index contributed by atoms with van der Waals surface area (Å²) in [5.41, 5.74) is 1.22. The SMILES string of the molecule is O=[N+]([O-])c1ccc2c(c1O)CCN2. The Labute approximate surface area is 74.2 Å².